The number of nitrogen functional groups attached to an aromatic ring is 1. The molecule has 0 aromatic carbocycles. The number of piperidine rings is 1. The monoisotopic (exact) mass is 329 g/mol. The third kappa shape index (κ3) is 3.13. The summed E-state index contributed by atoms with van der Waals surface area (Å²) < 4.78 is 37.9. The van der Waals surface area contributed by atoms with Crippen LogP contribution in [0.1, 0.15) is 30.1 Å². The molecule has 1 aliphatic heterocycles. The van der Waals surface area contributed by atoms with Crippen molar-refractivity contribution in [3.8, 4) is 0 Å². The molecule has 0 bridgehead atoms. The van der Waals surface area contributed by atoms with Crippen LogP contribution in [-0.4, -0.2) is 28.0 Å². The number of rotatable bonds is 2. The molecule has 3 heterocycles. The third-order valence-electron chi connectivity index (χ3n) is 3.59. The van der Waals surface area contributed by atoms with Crippen LogP contribution in [-0.2, 0) is 6.18 Å². The molecule has 22 heavy (non-hydrogen) atoms. The Morgan fingerprint density at radius 2 is 2.14 bits per heavy atom. The standard InChI is InChI=1S/C13H14F3N5S/c14-13(15,16)10-7-22-12(20-10)21-5-1-2-8(6-21)9-3-4-18-11(17)19-9/h3-4,7-8H,1-2,5-6H2,(H2,17,18,19). The van der Waals surface area contributed by atoms with Gasteiger partial charge in [-0.2, -0.15) is 13.2 Å². The van der Waals surface area contributed by atoms with Gasteiger partial charge in [0, 0.05) is 30.6 Å². The van der Waals surface area contributed by atoms with Crippen molar-refractivity contribution < 1.29 is 13.2 Å². The average molecular weight is 329 g/mol. The Kier molecular flexibility index (Phi) is 3.90. The van der Waals surface area contributed by atoms with E-state index in [2.05, 4.69) is 15.0 Å². The molecule has 1 unspecified atom stereocenters. The normalized spacial score (nSPS) is 19.4. The van der Waals surface area contributed by atoms with Crippen molar-refractivity contribution in [1.82, 2.24) is 15.0 Å². The molecule has 118 valence electrons. The first-order valence-corrected chi connectivity index (χ1v) is 7.67. The summed E-state index contributed by atoms with van der Waals surface area (Å²) in [4.78, 5) is 13.7. The maximum atomic E-state index is 12.6. The van der Waals surface area contributed by atoms with E-state index in [0.717, 1.165) is 35.3 Å². The van der Waals surface area contributed by atoms with Gasteiger partial charge in [0.2, 0.25) is 5.95 Å². The van der Waals surface area contributed by atoms with Crippen molar-refractivity contribution in [3.05, 3.63) is 29.0 Å². The molecule has 2 aromatic heterocycles. The molecule has 1 fully saturated rings. The fourth-order valence-electron chi connectivity index (χ4n) is 2.55. The summed E-state index contributed by atoms with van der Waals surface area (Å²) in [7, 11) is 0. The first kappa shape index (κ1) is 15.0. The summed E-state index contributed by atoms with van der Waals surface area (Å²) in [6, 6.07) is 1.80. The van der Waals surface area contributed by atoms with Crippen molar-refractivity contribution >= 4 is 22.4 Å². The number of halogens is 3. The molecule has 3 rings (SSSR count). The van der Waals surface area contributed by atoms with Crippen LogP contribution in [0.5, 0.6) is 0 Å². The van der Waals surface area contributed by atoms with Gasteiger partial charge in [-0.05, 0) is 18.9 Å². The van der Waals surface area contributed by atoms with Crippen LogP contribution in [0.25, 0.3) is 0 Å². The molecule has 2 aromatic rings. The number of hydrogen-bond acceptors (Lipinski definition) is 6. The van der Waals surface area contributed by atoms with E-state index in [1.165, 1.54) is 0 Å². The number of hydrogen-bond donors (Lipinski definition) is 1. The van der Waals surface area contributed by atoms with E-state index in [9.17, 15) is 13.2 Å². The van der Waals surface area contributed by atoms with Gasteiger partial charge in [0.05, 0.1) is 5.69 Å². The molecule has 1 atom stereocenters. The average Bonchev–Trinajstić information content (AvgIpc) is 2.97. The largest absolute Gasteiger partial charge is 0.434 e. The summed E-state index contributed by atoms with van der Waals surface area (Å²) in [6.07, 6.45) is -1.01. The fourth-order valence-corrected chi connectivity index (χ4v) is 3.42. The highest BCUT2D eigenvalue weighted by Crippen LogP contribution is 2.35. The summed E-state index contributed by atoms with van der Waals surface area (Å²) in [6.45, 7) is 1.28. The van der Waals surface area contributed by atoms with Crippen molar-refractivity contribution in [1.29, 1.82) is 0 Å². The second-order valence-corrected chi connectivity index (χ2v) is 5.97. The van der Waals surface area contributed by atoms with E-state index in [0.29, 0.717) is 18.2 Å². The maximum absolute atomic E-state index is 12.6. The minimum atomic E-state index is -4.40. The van der Waals surface area contributed by atoms with Gasteiger partial charge in [-0.3, -0.25) is 0 Å². The van der Waals surface area contributed by atoms with E-state index < -0.39 is 11.9 Å². The predicted octanol–water partition coefficient (Wildman–Crippen LogP) is 2.92. The Balaban J connectivity index is 1.77. The van der Waals surface area contributed by atoms with E-state index >= 15 is 0 Å². The number of thiazole rings is 1. The molecule has 0 spiro atoms. The topological polar surface area (TPSA) is 67.9 Å². The van der Waals surface area contributed by atoms with Gasteiger partial charge >= 0.3 is 6.18 Å². The van der Waals surface area contributed by atoms with E-state index in [4.69, 9.17) is 5.73 Å². The molecule has 0 radical (unpaired) electrons. The number of aromatic nitrogens is 3. The van der Waals surface area contributed by atoms with Crippen LogP contribution >= 0.6 is 11.3 Å². The Morgan fingerprint density at radius 3 is 2.82 bits per heavy atom. The van der Waals surface area contributed by atoms with Crippen molar-refractivity contribution in [3.63, 3.8) is 0 Å². The first-order valence-electron chi connectivity index (χ1n) is 6.79. The quantitative estimate of drug-likeness (QED) is 0.917. The van der Waals surface area contributed by atoms with E-state index in [1.807, 2.05) is 4.90 Å². The van der Waals surface area contributed by atoms with Crippen molar-refractivity contribution in [2.75, 3.05) is 23.7 Å². The van der Waals surface area contributed by atoms with Crippen molar-refractivity contribution in [2.45, 2.75) is 24.9 Å². The Hall–Kier alpha value is -1.90. The molecular weight excluding hydrogens is 315 g/mol. The number of alkyl halides is 3. The molecule has 1 aliphatic rings. The van der Waals surface area contributed by atoms with Crippen LogP contribution in [0, 0.1) is 0 Å². The third-order valence-corrected chi connectivity index (χ3v) is 4.49. The minimum Gasteiger partial charge on any atom is -0.368 e. The van der Waals surface area contributed by atoms with Crippen molar-refractivity contribution in [2.24, 2.45) is 0 Å². The van der Waals surface area contributed by atoms with Gasteiger partial charge in [-0.1, -0.05) is 0 Å². The zero-order valence-corrected chi connectivity index (χ0v) is 12.4. The molecule has 0 amide bonds. The first-order chi connectivity index (χ1) is 10.4. The second kappa shape index (κ2) is 5.71. The SMILES string of the molecule is Nc1nccc(C2CCCN(c3nc(C(F)(F)F)cs3)C2)n1. The van der Waals surface area contributed by atoms with Gasteiger partial charge in [0.25, 0.3) is 0 Å². The Morgan fingerprint density at radius 1 is 1.32 bits per heavy atom. The molecule has 9 heteroatoms. The highest BCUT2D eigenvalue weighted by atomic mass is 32.1. The van der Waals surface area contributed by atoms with Gasteiger partial charge in [-0.15, -0.1) is 11.3 Å². The number of nitrogens with two attached hydrogens (primary N) is 1. The highest BCUT2D eigenvalue weighted by Gasteiger charge is 2.35. The van der Waals surface area contributed by atoms with Crippen LogP contribution < -0.4 is 10.6 Å². The van der Waals surface area contributed by atoms with E-state index in [1.54, 1.807) is 12.3 Å². The number of anilines is 2. The van der Waals surface area contributed by atoms with Crippen LogP contribution in [0.3, 0.4) is 0 Å². The smallest absolute Gasteiger partial charge is 0.368 e. The lowest BCUT2D eigenvalue weighted by atomic mass is 9.95. The Labute approximate surface area is 129 Å². The van der Waals surface area contributed by atoms with Gasteiger partial charge in [0.1, 0.15) is 0 Å². The molecule has 0 aliphatic carbocycles. The minimum absolute atomic E-state index is 0.122. The lowest BCUT2D eigenvalue weighted by molar-refractivity contribution is -0.140. The van der Waals surface area contributed by atoms with Gasteiger partial charge in [-0.25, -0.2) is 15.0 Å². The highest BCUT2D eigenvalue weighted by molar-refractivity contribution is 7.13. The zero-order chi connectivity index (χ0) is 15.7. The fraction of sp³-hybridized carbons (Fsp3) is 0.462. The second-order valence-electron chi connectivity index (χ2n) is 5.14. The molecule has 1 saturated heterocycles. The molecule has 5 nitrogen and oxygen atoms in total. The lowest BCUT2D eigenvalue weighted by Gasteiger charge is -2.32. The molecule has 0 saturated carbocycles. The van der Waals surface area contributed by atoms with Crippen LogP contribution in [0.4, 0.5) is 24.3 Å². The summed E-state index contributed by atoms with van der Waals surface area (Å²) in [5.74, 6) is 0.334. The molecular formula is C13H14F3N5S. The van der Waals surface area contributed by atoms with E-state index in [-0.39, 0.29) is 11.9 Å². The summed E-state index contributed by atoms with van der Waals surface area (Å²) >= 11 is 1.02. The summed E-state index contributed by atoms with van der Waals surface area (Å²) in [5.41, 5.74) is 5.58. The zero-order valence-electron chi connectivity index (χ0n) is 11.5. The van der Waals surface area contributed by atoms with Gasteiger partial charge in [0.15, 0.2) is 10.8 Å². The van der Waals surface area contributed by atoms with Gasteiger partial charge < -0.3 is 10.6 Å². The van der Waals surface area contributed by atoms with Crippen LogP contribution in [0.15, 0.2) is 17.6 Å². The lowest BCUT2D eigenvalue weighted by Crippen LogP contribution is -2.34. The Bertz CT molecular complexity index is 657. The maximum Gasteiger partial charge on any atom is 0.434 e. The summed E-state index contributed by atoms with van der Waals surface area (Å²) in [5, 5.41) is 1.46. The van der Waals surface area contributed by atoms with Crippen LogP contribution in [0.2, 0.25) is 0 Å². The number of nitrogens with zero attached hydrogens (tertiary/aromatic N) is 4. The predicted molar refractivity (Wildman–Crippen MR) is 77.7 cm³/mol. The molecule has 2 N–H and O–H groups in total.